The van der Waals surface area contributed by atoms with Crippen molar-refractivity contribution < 1.29 is 4.74 Å². The zero-order valence-corrected chi connectivity index (χ0v) is 10.1. The number of nitrogens with zero attached hydrogens (tertiary/aromatic N) is 1. The van der Waals surface area contributed by atoms with E-state index in [1.165, 1.54) is 0 Å². The van der Waals surface area contributed by atoms with E-state index in [4.69, 9.17) is 15.7 Å². The lowest BCUT2D eigenvalue weighted by molar-refractivity contribution is 0.472. The molecule has 2 rings (SSSR count). The van der Waals surface area contributed by atoms with Gasteiger partial charge in [0.2, 0.25) is 0 Å². The predicted octanol–water partition coefficient (Wildman–Crippen LogP) is 3.37. The molecule has 3 nitrogen and oxygen atoms in total. The number of para-hydroxylation sites is 1. The summed E-state index contributed by atoms with van der Waals surface area (Å²) in [7, 11) is 0. The molecule has 0 aliphatic heterocycles. The molecule has 0 bridgehead atoms. The molecule has 0 aliphatic carbocycles. The van der Waals surface area contributed by atoms with Gasteiger partial charge in [-0.25, -0.2) is 0 Å². The van der Waals surface area contributed by atoms with Gasteiger partial charge in [-0.1, -0.05) is 24.3 Å². The van der Waals surface area contributed by atoms with E-state index in [9.17, 15) is 0 Å². The highest BCUT2D eigenvalue weighted by atomic mass is 16.5. The maximum Gasteiger partial charge on any atom is 0.132 e. The van der Waals surface area contributed by atoms with Crippen LogP contribution in [0.5, 0.6) is 11.5 Å². The molecule has 0 amide bonds. The lowest BCUT2D eigenvalue weighted by atomic mass is 10.1. The molecular formula is C15H14N2O. The van der Waals surface area contributed by atoms with Gasteiger partial charge in [0.15, 0.2) is 0 Å². The molecule has 0 heterocycles. The van der Waals surface area contributed by atoms with Crippen molar-refractivity contribution in [3.05, 3.63) is 59.7 Å². The molecule has 0 aromatic heterocycles. The maximum atomic E-state index is 8.85. The molecule has 0 unspecified atom stereocenters. The van der Waals surface area contributed by atoms with Gasteiger partial charge in [-0.05, 0) is 31.2 Å². The summed E-state index contributed by atoms with van der Waals surface area (Å²) in [6.07, 6.45) is 0. The third-order valence-corrected chi connectivity index (χ3v) is 2.60. The van der Waals surface area contributed by atoms with E-state index in [2.05, 4.69) is 6.07 Å². The summed E-state index contributed by atoms with van der Waals surface area (Å²) < 4.78 is 5.78. The van der Waals surface area contributed by atoms with Crippen LogP contribution < -0.4 is 10.5 Å². The molecule has 1 atom stereocenters. The van der Waals surface area contributed by atoms with Crippen LogP contribution in [0.25, 0.3) is 0 Å². The lowest BCUT2D eigenvalue weighted by Crippen LogP contribution is -2.06. The van der Waals surface area contributed by atoms with Gasteiger partial charge in [-0.3, -0.25) is 0 Å². The highest BCUT2D eigenvalue weighted by Gasteiger charge is 2.08. The first kappa shape index (κ1) is 12.2. The van der Waals surface area contributed by atoms with Crippen molar-refractivity contribution in [2.75, 3.05) is 0 Å². The highest BCUT2D eigenvalue weighted by Crippen LogP contribution is 2.28. The summed E-state index contributed by atoms with van der Waals surface area (Å²) in [6, 6.07) is 16.7. The summed E-state index contributed by atoms with van der Waals surface area (Å²) in [5, 5.41) is 8.85. The van der Waals surface area contributed by atoms with Crippen molar-refractivity contribution in [3.8, 4) is 17.6 Å². The third kappa shape index (κ3) is 2.68. The smallest absolute Gasteiger partial charge is 0.132 e. The van der Waals surface area contributed by atoms with Crippen LogP contribution in [-0.2, 0) is 0 Å². The second-order valence-corrected chi connectivity index (χ2v) is 4.07. The molecule has 0 saturated carbocycles. The fraction of sp³-hybridized carbons (Fsp3) is 0.133. The third-order valence-electron chi connectivity index (χ3n) is 2.60. The number of nitriles is 1. The van der Waals surface area contributed by atoms with Crippen LogP contribution in [0.1, 0.15) is 24.1 Å². The second-order valence-electron chi connectivity index (χ2n) is 4.07. The number of ether oxygens (including phenoxy) is 1. The Morgan fingerprint density at radius 1 is 1.17 bits per heavy atom. The summed E-state index contributed by atoms with van der Waals surface area (Å²) in [6.45, 7) is 1.91. The van der Waals surface area contributed by atoms with Crippen LogP contribution in [0.4, 0.5) is 0 Å². The van der Waals surface area contributed by atoms with E-state index >= 15 is 0 Å². The number of hydrogen-bond acceptors (Lipinski definition) is 3. The Morgan fingerprint density at radius 3 is 2.67 bits per heavy atom. The van der Waals surface area contributed by atoms with Crippen LogP contribution in [-0.4, -0.2) is 0 Å². The summed E-state index contributed by atoms with van der Waals surface area (Å²) in [5.41, 5.74) is 7.41. The highest BCUT2D eigenvalue weighted by molar-refractivity contribution is 5.42. The molecule has 2 N–H and O–H groups in total. The topological polar surface area (TPSA) is 59.0 Å². The van der Waals surface area contributed by atoms with Crippen molar-refractivity contribution in [1.29, 1.82) is 5.26 Å². The Morgan fingerprint density at radius 2 is 1.94 bits per heavy atom. The quantitative estimate of drug-likeness (QED) is 0.891. The molecule has 2 aromatic rings. The van der Waals surface area contributed by atoms with Crippen LogP contribution in [0.2, 0.25) is 0 Å². The summed E-state index contributed by atoms with van der Waals surface area (Å²) in [5.74, 6) is 1.37. The van der Waals surface area contributed by atoms with Gasteiger partial charge < -0.3 is 10.5 Å². The van der Waals surface area contributed by atoms with Gasteiger partial charge in [0, 0.05) is 11.6 Å². The van der Waals surface area contributed by atoms with E-state index in [0.717, 1.165) is 11.3 Å². The van der Waals surface area contributed by atoms with Crippen LogP contribution in [0.15, 0.2) is 48.5 Å². The predicted molar refractivity (Wildman–Crippen MR) is 70.3 cm³/mol. The molecule has 0 aliphatic rings. The fourth-order valence-electron chi connectivity index (χ4n) is 1.71. The molecule has 0 radical (unpaired) electrons. The standard InChI is InChI=1S/C15H14N2O/c1-11(17)14-7-2-3-8-15(14)18-13-6-4-5-12(9-13)10-16/h2-9,11H,17H2,1H3/t11-/m1/s1. The van der Waals surface area contributed by atoms with Crippen molar-refractivity contribution in [2.24, 2.45) is 5.73 Å². The van der Waals surface area contributed by atoms with Gasteiger partial charge >= 0.3 is 0 Å². The number of benzene rings is 2. The lowest BCUT2D eigenvalue weighted by Gasteiger charge is -2.13. The normalized spacial score (nSPS) is 11.6. The van der Waals surface area contributed by atoms with E-state index in [1.54, 1.807) is 18.2 Å². The number of hydrogen-bond donors (Lipinski definition) is 1. The van der Waals surface area contributed by atoms with E-state index in [0.29, 0.717) is 11.3 Å². The second kappa shape index (κ2) is 5.35. The Bertz CT molecular complexity index is 585. The average molecular weight is 238 g/mol. The Hall–Kier alpha value is -2.31. The van der Waals surface area contributed by atoms with E-state index in [1.807, 2.05) is 37.3 Å². The Balaban J connectivity index is 2.31. The molecule has 18 heavy (non-hydrogen) atoms. The molecular weight excluding hydrogens is 224 g/mol. The minimum Gasteiger partial charge on any atom is -0.457 e. The molecule has 90 valence electrons. The summed E-state index contributed by atoms with van der Waals surface area (Å²) in [4.78, 5) is 0. The largest absolute Gasteiger partial charge is 0.457 e. The first-order valence-corrected chi connectivity index (χ1v) is 5.73. The average Bonchev–Trinajstić information content (AvgIpc) is 2.39. The minimum atomic E-state index is -0.0969. The maximum absolute atomic E-state index is 8.85. The number of rotatable bonds is 3. The van der Waals surface area contributed by atoms with Crippen molar-refractivity contribution in [1.82, 2.24) is 0 Å². The minimum absolute atomic E-state index is 0.0969. The van der Waals surface area contributed by atoms with Crippen molar-refractivity contribution in [3.63, 3.8) is 0 Å². The van der Waals surface area contributed by atoms with E-state index < -0.39 is 0 Å². The molecule has 0 saturated heterocycles. The molecule has 2 aromatic carbocycles. The zero-order valence-electron chi connectivity index (χ0n) is 10.1. The van der Waals surface area contributed by atoms with Crippen LogP contribution in [0.3, 0.4) is 0 Å². The first-order chi connectivity index (χ1) is 8.70. The van der Waals surface area contributed by atoms with Crippen LogP contribution >= 0.6 is 0 Å². The van der Waals surface area contributed by atoms with Gasteiger partial charge in [0.05, 0.1) is 11.6 Å². The molecule has 3 heteroatoms. The summed E-state index contributed by atoms with van der Waals surface area (Å²) >= 11 is 0. The van der Waals surface area contributed by atoms with Crippen LogP contribution in [0, 0.1) is 11.3 Å². The van der Waals surface area contributed by atoms with Crippen molar-refractivity contribution >= 4 is 0 Å². The van der Waals surface area contributed by atoms with Gasteiger partial charge in [-0.2, -0.15) is 5.26 Å². The van der Waals surface area contributed by atoms with E-state index in [-0.39, 0.29) is 6.04 Å². The Labute approximate surface area is 106 Å². The molecule has 0 fully saturated rings. The zero-order chi connectivity index (χ0) is 13.0. The van der Waals surface area contributed by atoms with Gasteiger partial charge in [0.1, 0.15) is 11.5 Å². The van der Waals surface area contributed by atoms with Gasteiger partial charge in [0.25, 0.3) is 0 Å². The fourth-order valence-corrected chi connectivity index (χ4v) is 1.71. The molecule has 0 spiro atoms. The SMILES string of the molecule is C[C@@H](N)c1ccccc1Oc1cccc(C#N)c1. The number of nitrogens with two attached hydrogens (primary N) is 1. The monoisotopic (exact) mass is 238 g/mol. The Kier molecular flexibility index (Phi) is 3.61. The van der Waals surface area contributed by atoms with Crippen molar-refractivity contribution in [2.45, 2.75) is 13.0 Å². The first-order valence-electron chi connectivity index (χ1n) is 5.73. The van der Waals surface area contributed by atoms with Gasteiger partial charge in [-0.15, -0.1) is 0 Å².